The normalized spacial score (nSPS) is 14.3. The molecule has 2 aromatic heterocycles. The molecule has 1 aliphatic carbocycles. The molecule has 1 saturated carbocycles. The minimum atomic E-state index is -0.0196. The van der Waals surface area contributed by atoms with Gasteiger partial charge in [-0.15, -0.1) is 0 Å². The van der Waals surface area contributed by atoms with Crippen LogP contribution < -0.4 is 5.56 Å². The Hall–Kier alpha value is -2.14. The number of pyridine rings is 1. The lowest BCUT2D eigenvalue weighted by Gasteiger charge is -2.13. The van der Waals surface area contributed by atoms with Crippen LogP contribution in [-0.4, -0.2) is 20.8 Å². The molecule has 5 heteroatoms. The van der Waals surface area contributed by atoms with Gasteiger partial charge in [-0.3, -0.25) is 9.36 Å². The number of nitrogens with zero attached hydrogens (tertiary/aromatic N) is 3. The summed E-state index contributed by atoms with van der Waals surface area (Å²) in [5.41, 5.74) is 3.28. The molecular formula is C18H17N3OS. The molecule has 4 nitrogen and oxygen atoms in total. The summed E-state index contributed by atoms with van der Waals surface area (Å²) in [4.78, 5) is 21.3. The predicted octanol–water partition coefficient (Wildman–Crippen LogP) is 3.44. The molecule has 4 rings (SSSR count). The van der Waals surface area contributed by atoms with Gasteiger partial charge in [0.2, 0.25) is 0 Å². The Bertz CT molecular complexity index is 931. The van der Waals surface area contributed by atoms with Crippen molar-refractivity contribution in [2.24, 2.45) is 0 Å². The molecule has 3 aromatic rings. The highest BCUT2D eigenvalue weighted by Crippen LogP contribution is 2.41. The third kappa shape index (κ3) is 2.77. The Kier molecular flexibility index (Phi) is 3.65. The van der Waals surface area contributed by atoms with Crippen molar-refractivity contribution in [2.45, 2.75) is 30.5 Å². The summed E-state index contributed by atoms with van der Waals surface area (Å²) in [5, 5.41) is 1.58. The largest absolute Gasteiger partial charge is 0.288 e. The maximum atomic E-state index is 12.4. The first-order valence-electron chi connectivity index (χ1n) is 7.74. The molecule has 1 fully saturated rings. The summed E-state index contributed by atoms with van der Waals surface area (Å²) < 4.78 is 1.76. The van der Waals surface area contributed by atoms with Crippen molar-refractivity contribution in [2.75, 3.05) is 6.26 Å². The Morgan fingerprint density at radius 2 is 2.04 bits per heavy atom. The van der Waals surface area contributed by atoms with E-state index in [1.807, 2.05) is 12.3 Å². The van der Waals surface area contributed by atoms with Crippen molar-refractivity contribution < 1.29 is 0 Å². The average Bonchev–Trinajstić information content (AvgIpc) is 3.42. The standard InChI is InChI=1S/C18H17N3OS/c1-23-18-19-10-13-8-9-16(22)21(17(13)20-18)11-14-4-2-3-5-15(14)12-6-7-12/h2-5,8-10,12H,6-7,11H2,1H3. The molecule has 2 heterocycles. The first-order valence-corrected chi connectivity index (χ1v) is 8.97. The van der Waals surface area contributed by atoms with E-state index in [0.29, 0.717) is 23.3 Å². The number of aromatic nitrogens is 3. The number of benzene rings is 1. The summed E-state index contributed by atoms with van der Waals surface area (Å²) in [6.07, 6.45) is 6.23. The van der Waals surface area contributed by atoms with Crippen molar-refractivity contribution >= 4 is 22.8 Å². The van der Waals surface area contributed by atoms with Crippen LogP contribution in [0, 0.1) is 0 Å². The average molecular weight is 323 g/mol. The first kappa shape index (κ1) is 14.5. The van der Waals surface area contributed by atoms with Gasteiger partial charge in [0, 0.05) is 17.6 Å². The fourth-order valence-electron chi connectivity index (χ4n) is 2.95. The van der Waals surface area contributed by atoms with Crippen LogP contribution >= 0.6 is 11.8 Å². The molecule has 1 aromatic carbocycles. The second kappa shape index (κ2) is 5.81. The molecule has 116 valence electrons. The maximum absolute atomic E-state index is 12.4. The second-order valence-corrected chi connectivity index (χ2v) is 6.64. The Morgan fingerprint density at radius 3 is 2.83 bits per heavy atom. The molecule has 0 amide bonds. The van der Waals surface area contributed by atoms with Gasteiger partial charge in [-0.25, -0.2) is 9.97 Å². The molecule has 0 atom stereocenters. The van der Waals surface area contributed by atoms with Gasteiger partial charge in [0.15, 0.2) is 5.16 Å². The maximum Gasteiger partial charge on any atom is 0.252 e. The van der Waals surface area contributed by atoms with Crippen LogP contribution in [0.1, 0.15) is 29.9 Å². The highest BCUT2D eigenvalue weighted by Gasteiger charge is 2.25. The Balaban J connectivity index is 1.85. The van der Waals surface area contributed by atoms with Gasteiger partial charge in [-0.1, -0.05) is 36.0 Å². The summed E-state index contributed by atoms with van der Waals surface area (Å²) in [5.74, 6) is 0.660. The molecule has 0 aliphatic heterocycles. The van der Waals surface area contributed by atoms with Crippen molar-refractivity contribution in [3.8, 4) is 0 Å². The van der Waals surface area contributed by atoms with Crippen LogP contribution in [0.15, 0.2) is 52.5 Å². The second-order valence-electron chi connectivity index (χ2n) is 5.87. The van der Waals surface area contributed by atoms with E-state index in [4.69, 9.17) is 0 Å². The third-order valence-corrected chi connectivity index (χ3v) is 4.85. The van der Waals surface area contributed by atoms with Gasteiger partial charge in [0.05, 0.1) is 6.54 Å². The Labute approximate surface area is 138 Å². The summed E-state index contributed by atoms with van der Waals surface area (Å²) >= 11 is 1.48. The van der Waals surface area contributed by atoms with E-state index in [1.54, 1.807) is 22.9 Å². The van der Waals surface area contributed by atoms with Crippen molar-refractivity contribution in [3.05, 3.63) is 64.1 Å². The number of hydrogen-bond acceptors (Lipinski definition) is 4. The van der Waals surface area contributed by atoms with Gasteiger partial charge in [-0.2, -0.15) is 0 Å². The summed E-state index contributed by atoms with van der Waals surface area (Å²) in [7, 11) is 0. The molecule has 0 saturated heterocycles. The van der Waals surface area contributed by atoms with Gasteiger partial charge in [-0.05, 0) is 42.2 Å². The number of hydrogen-bond donors (Lipinski definition) is 0. The SMILES string of the molecule is CSc1ncc2ccc(=O)n(Cc3ccccc3C3CC3)c2n1. The van der Waals surface area contributed by atoms with Gasteiger partial charge in [0.25, 0.3) is 5.56 Å². The van der Waals surface area contributed by atoms with Gasteiger partial charge in [0.1, 0.15) is 5.65 Å². The van der Waals surface area contributed by atoms with Crippen molar-refractivity contribution in [3.63, 3.8) is 0 Å². The topological polar surface area (TPSA) is 47.8 Å². The van der Waals surface area contributed by atoms with E-state index in [1.165, 1.54) is 35.7 Å². The van der Waals surface area contributed by atoms with Gasteiger partial charge < -0.3 is 0 Å². The van der Waals surface area contributed by atoms with Gasteiger partial charge >= 0.3 is 0 Å². The number of fused-ring (bicyclic) bond motifs is 1. The summed E-state index contributed by atoms with van der Waals surface area (Å²) in [6.45, 7) is 0.563. The van der Waals surface area contributed by atoms with Crippen LogP contribution in [0.25, 0.3) is 11.0 Å². The fraction of sp³-hybridized carbons (Fsp3) is 0.278. The fourth-order valence-corrected chi connectivity index (χ4v) is 3.28. The molecular weight excluding hydrogens is 306 g/mol. The highest BCUT2D eigenvalue weighted by molar-refractivity contribution is 7.98. The highest BCUT2D eigenvalue weighted by atomic mass is 32.2. The molecule has 23 heavy (non-hydrogen) atoms. The van der Waals surface area contributed by atoms with E-state index in [0.717, 1.165) is 5.39 Å². The molecule has 0 radical (unpaired) electrons. The van der Waals surface area contributed by atoms with E-state index < -0.39 is 0 Å². The van der Waals surface area contributed by atoms with Crippen molar-refractivity contribution in [1.29, 1.82) is 0 Å². The van der Waals surface area contributed by atoms with Crippen LogP contribution in [-0.2, 0) is 6.54 Å². The van der Waals surface area contributed by atoms with E-state index in [-0.39, 0.29) is 5.56 Å². The Morgan fingerprint density at radius 1 is 1.22 bits per heavy atom. The number of thioether (sulfide) groups is 1. The summed E-state index contributed by atoms with van der Waals surface area (Å²) in [6, 6.07) is 11.8. The molecule has 0 spiro atoms. The van der Waals surface area contributed by atoms with Crippen LogP contribution in [0.5, 0.6) is 0 Å². The lowest BCUT2D eigenvalue weighted by atomic mass is 10.0. The first-order chi connectivity index (χ1) is 11.3. The molecule has 0 N–H and O–H groups in total. The van der Waals surface area contributed by atoms with E-state index in [2.05, 4.69) is 28.2 Å². The third-order valence-electron chi connectivity index (χ3n) is 4.28. The molecule has 0 unspecified atom stereocenters. The van der Waals surface area contributed by atoms with E-state index in [9.17, 15) is 4.79 Å². The van der Waals surface area contributed by atoms with Crippen LogP contribution in [0.2, 0.25) is 0 Å². The quantitative estimate of drug-likeness (QED) is 0.545. The van der Waals surface area contributed by atoms with Crippen molar-refractivity contribution in [1.82, 2.24) is 14.5 Å². The molecule has 1 aliphatic rings. The van der Waals surface area contributed by atoms with Crippen LogP contribution in [0.4, 0.5) is 0 Å². The lowest BCUT2D eigenvalue weighted by Crippen LogP contribution is -2.21. The number of rotatable bonds is 4. The predicted molar refractivity (Wildman–Crippen MR) is 93.1 cm³/mol. The zero-order chi connectivity index (χ0) is 15.8. The molecule has 0 bridgehead atoms. The monoisotopic (exact) mass is 323 g/mol. The zero-order valence-corrected chi connectivity index (χ0v) is 13.7. The zero-order valence-electron chi connectivity index (χ0n) is 12.9. The minimum absolute atomic E-state index is 0.0196. The van der Waals surface area contributed by atoms with Crippen LogP contribution in [0.3, 0.4) is 0 Å². The smallest absolute Gasteiger partial charge is 0.252 e. The minimum Gasteiger partial charge on any atom is -0.288 e. The van der Waals surface area contributed by atoms with E-state index >= 15 is 0 Å². The lowest BCUT2D eigenvalue weighted by molar-refractivity contribution is 0.763.